The second kappa shape index (κ2) is 1.98. The van der Waals surface area contributed by atoms with Crippen LogP contribution in [0, 0.1) is 0 Å². The van der Waals surface area contributed by atoms with Gasteiger partial charge >= 0.3 is 0 Å². The van der Waals surface area contributed by atoms with Crippen molar-refractivity contribution in [2.45, 2.75) is 12.9 Å². The van der Waals surface area contributed by atoms with Gasteiger partial charge in [0.15, 0.2) is 0 Å². The van der Waals surface area contributed by atoms with Crippen molar-refractivity contribution in [1.82, 2.24) is 14.8 Å². The lowest BCUT2D eigenvalue weighted by molar-refractivity contribution is 0.723. The third-order valence-electron chi connectivity index (χ3n) is 1.03. The largest absolute Gasteiger partial charge is 0.326 e. The summed E-state index contributed by atoms with van der Waals surface area (Å²) in [7, 11) is 2.09. The average molecular weight is 109 g/mol. The van der Waals surface area contributed by atoms with E-state index >= 15 is 0 Å². The molecule has 0 fully saturated rings. The Bertz CT molecular complexity index is 146. The van der Waals surface area contributed by atoms with Crippen LogP contribution >= 0.6 is 0 Å². The van der Waals surface area contributed by atoms with Crippen molar-refractivity contribution >= 4 is 7.85 Å². The molecule has 1 unspecified atom stereocenters. The summed E-state index contributed by atoms with van der Waals surface area (Å²) in [6.45, 7) is 2.09. The van der Waals surface area contributed by atoms with Gasteiger partial charge in [0.2, 0.25) is 0 Å². The van der Waals surface area contributed by atoms with Gasteiger partial charge in [0.25, 0.3) is 0 Å². The molecule has 0 bridgehead atoms. The highest BCUT2D eigenvalue weighted by atomic mass is 15.2. The number of nitrogens with zero attached hydrogens (tertiary/aromatic N) is 3. The van der Waals surface area contributed by atoms with Crippen LogP contribution in [0.15, 0.2) is 12.7 Å². The van der Waals surface area contributed by atoms with E-state index in [9.17, 15) is 0 Å². The summed E-state index contributed by atoms with van der Waals surface area (Å²) in [4.78, 5) is 0. The fourth-order valence-corrected chi connectivity index (χ4v) is 0.475. The monoisotopic (exact) mass is 109 g/mol. The molecule has 0 N–H and O–H groups in total. The van der Waals surface area contributed by atoms with Crippen LogP contribution < -0.4 is 0 Å². The van der Waals surface area contributed by atoms with Gasteiger partial charge in [0.1, 0.15) is 20.5 Å². The topological polar surface area (TPSA) is 30.7 Å². The predicted octanol–water partition coefficient (Wildman–Crippen LogP) is -0.570. The molecule has 0 aliphatic carbocycles. The first-order valence-corrected chi connectivity index (χ1v) is 2.65. The highest BCUT2D eigenvalue weighted by Crippen LogP contribution is 1.93. The molecule has 0 saturated heterocycles. The fourth-order valence-electron chi connectivity index (χ4n) is 0.475. The molecule has 0 amide bonds. The van der Waals surface area contributed by atoms with Crippen molar-refractivity contribution in [3.05, 3.63) is 12.7 Å². The summed E-state index contributed by atoms with van der Waals surface area (Å²) >= 11 is 0. The van der Waals surface area contributed by atoms with Gasteiger partial charge in [-0.25, -0.2) is 0 Å². The van der Waals surface area contributed by atoms with Gasteiger partial charge in [0, 0.05) is 5.94 Å². The molecule has 1 rings (SSSR count). The number of aromatic nitrogens is 3. The van der Waals surface area contributed by atoms with Gasteiger partial charge in [0.05, 0.1) is 0 Å². The summed E-state index contributed by atoms with van der Waals surface area (Å²) in [6.07, 6.45) is 3.43. The van der Waals surface area contributed by atoms with Crippen molar-refractivity contribution in [2.24, 2.45) is 0 Å². The summed E-state index contributed by atoms with van der Waals surface area (Å²) in [6, 6.07) is 0. The normalized spacial score (nSPS) is 13.6. The maximum absolute atomic E-state index is 3.66. The molecule has 0 aliphatic heterocycles. The van der Waals surface area contributed by atoms with Crippen molar-refractivity contribution in [2.75, 3.05) is 0 Å². The maximum atomic E-state index is 3.66. The van der Waals surface area contributed by atoms with E-state index in [4.69, 9.17) is 0 Å². The lowest BCUT2D eigenvalue weighted by Gasteiger charge is -2.01. The van der Waals surface area contributed by atoms with E-state index < -0.39 is 0 Å². The molecule has 4 heteroatoms. The van der Waals surface area contributed by atoms with Crippen LogP contribution in [0.25, 0.3) is 0 Å². The molecular weight excluding hydrogens is 101 g/mol. The van der Waals surface area contributed by atoms with E-state index in [0.29, 0.717) is 5.94 Å². The Hall–Kier alpha value is -0.795. The van der Waals surface area contributed by atoms with Crippen molar-refractivity contribution in [1.29, 1.82) is 0 Å². The van der Waals surface area contributed by atoms with Gasteiger partial charge < -0.3 is 4.57 Å². The second-order valence-corrected chi connectivity index (χ2v) is 2.00. The molecule has 0 saturated carbocycles. The lowest BCUT2D eigenvalue weighted by Crippen LogP contribution is -2.00. The van der Waals surface area contributed by atoms with Gasteiger partial charge in [-0.05, 0) is 0 Å². The van der Waals surface area contributed by atoms with Gasteiger partial charge in [-0.3, -0.25) is 0 Å². The van der Waals surface area contributed by atoms with E-state index in [2.05, 4.69) is 25.0 Å². The molecule has 3 nitrogen and oxygen atoms in total. The first-order valence-electron chi connectivity index (χ1n) is 2.65. The predicted molar refractivity (Wildman–Crippen MR) is 33.3 cm³/mol. The maximum Gasteiger partial charge on any atom is 0.131 e. The highest BCUT2D eigenvalue weighted by Gasteiger charge is 1.92. The summed E-state index contributed by atoms with van der Waals surface area (Å²) < 4.78 is 1.94. The highest BCUT2D eigenvalue weighted by molar-refractivity contribution is 6.10. The van der Waals surface area contributed by atoms with Crippen LogP contribution in [-0.4, -0.2) is 22.6 Å². The lowest BCUT2D eigenvalue weighted by atomic mass is 9.99. The van der Waals surface area contributed by atoms with Crippen LogP contribution in [0.3, 0.4) is 0 Å². The fraction of sp³-hybridized carbons (Fsp3) is 0.500. The zero-order valence-electron chi connectivity index (χ0n) is 5.07. The van der Waals surface area contributed by atoms with E-state index in [1.807, 2.05) is 4.57 Å². The summed E-state index contributed by atoms with van der Waals surface area (Å²) in [5, 5.41) is 7.31. The molecule has 0 aliphatic rings. The summed E-state index contributed by atoms with van der Waals surface area (Å²) in [5.74, 6) is 0.477. The van der Waals surface area contributed by atoms with Crippen LogP contribution in [-0.2, 0) is 0 Å². The third kappa shape index (κ3) is 0.884. The van der Waals surface area contributed by atoms with Crippen molar-refractivity contribution in [3.8, 4) is 0 Å². The molecule has 1 aromatic heterocycles. The number of rotatable bonds is 1. The summed E-state index contributed by atoms with van der Waals surface area (Å²) in [5.41, 5.74) is 0. The van der Waals surface area contributed by atoms with Crippen LogP contribution in [0.2, 0.25) is 0 Å². The minimum Gasteiger partial charge on any atom is -0.326 e. The smallest absolute Gasteiger partial charge is 0.131 e. The molecule has 1 aromatic rings. The molecule has 0 aromatic carbocycles. The number of hydrogen-bond donors (Lipinski definition) is 0. The Morgan fingerprint density at radius 2 is 2.00 bits per heavy atom. The zero-order valence-corrected chi connectivity index (χ0v) is 5.07. The van der Waals surface area contributed by atoms with Crippen LogP contribution in [0.1, 0.15) is 12.9 Å². The Labute approximate surface area is 49.1 Å². The van der Waals surface area contributed by atoms with Crippen molar-refractivity contribution < 1.29 is 0 Å². The quantitative estimate of drug-likeness (QED) is 0.452. The molecule has 42 valence electrons. The third-order valence-corrected chi connectivity index (χ3v) is 1.03. The standard InChI is InChI=1S/C4H8BN3/c1-4(5)8-2-6-7-3-8/h2-4H,5H2,1H3. The Morgan fingerprint density at radius 3 is 2.25 bits per heavy atom. The Kier molecular flexibility index (Phi) is 1.33. The van der Waals surface area contributed by atoms with E-state index in [1.54, 1.807) is 12.7 Å². The molecule has 0 radical (unpaired) electrons. The van der Waals surface area contributed by atoms with Crippen LogP contribution in [0.5, 0.6) is 0 Å². The van der Waals surface area contributed by atoms with E-state index in [0.717, 1.165) is 0 Å². The zero-order chi connectivity index (χ0) is 5.98. The molecule has 1 heterocycles. The minimum absolute atomic E-state index is 0.477. The molecular formula is C4H8BN3. The van der Waals surface area contributed by atoms with Gasteiger partial charge in [-0.2, -0.15) is 0 Å². The SMILES string of the molecule is BC(C)n1cnnc1. The molecule has 0 spiro atoms. The van der Waals surface area contributed by atoms with E-state index in [1.165, 1.54) is 0 Å². The van der Waals surface area contributed by atoms with Crippen molar-refractivity contribution in [3.63, 3.8) is 0 Å². The molecule has 1 atom stereocenters. The first-order chi connectivity index (χ1) is 3.80. The van der Waals surface area contributed by atoms with Gasteiger partial charge in [-0.15, -0.1) is 10.2 Å². The van der Waals surface area contributed by atoms with Crippen LogP contribution in [0.4, 0.5) is 0 Å². The first kappa shape index (κ1) is 5.34. The average Bonchev–Trinajstić information content (AvgIpc) is 2.12. The second-order valence-electron chi connectivity index (χ2n) is 2.00. The molecule has 8 heavy (non-hydrogen) atoms. The van der Waals surface area contributed by atoms with Gasteiger partial charge in [-0.1, -0.05) is 6.92 Å². The van der Waals surface area contributed by atoms with E-state index in [-0.39, 0.29) is 0 Å². The minimum atomic E-state index is 0.477. The Morgan fingerprint density at radius 1 is 1.50 bits per heavy atom. The number of hydrogen-bond acceptors (Lipinski definition) is 2. The Balaban J connectivity index is 2.77.